The van der Waals surface area contributed by atoms with Gasteiger partial charge in [0.05, 0.1) is 4.92 Å². The van der Waals surface area contributed by atoms with Gasteiger partial charge in [-0.3, -0.25) is 14.9 Å². The van der Waals surface area contributed by atoms with Crippen molar-refractivity contribution in [1.82, 2.24) is 4.98 Å². The molecule has 0 aromatic carbocycles. The van der Waals surface area contributed by atoms with Gasteiger partial charge >= 0.3 is 0 Å². The summed E-state index contributed by atoms with van der Waals surface area (Å²) < 4.78 is 24.6. The lowest BCUT2D eigenvalue weighted by molar-refractivity contribution is -0.387. The summed E-state index contributed by atoms with van der Waals surface area (Å²) in [4.78, 5) is 23.8. The number of rotatable bonds is 3. The Morgan fingerprint density at radius 2 is 2.19 bits per heavy atom. The molecule has 9 heteroatoms. The molecule has 0 aliphatic heterocycles. The van der Waals surface area contributed by atoms with Gasteiger partial charge in [-0.05, 0) is 34.2 Å². The van der Waals surface area contributed by atoms with Crippen LogP contribution in [0.4, 0.5) is 14.5 Å². The number of halogens is 4. The van der Waals surface area contributed by atoms with Gasteiger partial charge in [0.15, 0.2) is 0 Å². The Kier molecular flexibility index (Phi) is 4.08. The van der Waals surface area contributed by atoms with Crippen molar-refractivity contribution >= 4 is 45.1 Å². The molecule has 0 fully saturated rings. The number of hydrogen-bond acceptors (Lipinski definition) is 4. The molecule has 5 nitrogen and oxygen atoms in total. The van der Waals surface area contributed by atoms with Crippen molar-refractivity contribution in [1.29, 1.82) is 0 Å². The third kappa shape index (κ3) is 2.43. The SMILES string of the molecule is O=C(Cl)c1ncc(C(F)F)c([N+](=O)[O-])c1I. The maximum Gasteiger partial charge on any atom is 0.295 e. The summed E-state index contributed by atoms with van der Waals surface area (Å²) >= 11 is 6.49. The van der Waals surface area contributed by atoms with Crippen LogP contribution in [0.2, 0.25) is 0 Å². The molecule has 1 heterocycles. The molecule has 0 saturated heterocycles. The first kappa shape index (κ1) is 13.2. The molecule has 0 N–H and O–H groups in total. The van der Waals surface area contributed by atoms with E-state index in [-0.39, 0.29) is 3.57 Å². The van der Waals surface area contributed by atoms with Crippen molar-refractivity contribution in [2.24, 2.45) is 0 Å². The zero-order valence-electron chi connectivity index (χ0n) is 7.29. The number of alkyl halides is 2. The van der Waals surface area contributed by atoms with Gasteiger partial charge in [0, 0.05) is 6.20 Å². The quantitative estimate of drug-likeness (QED) is 0.359. The molecule has 0 radical (unpaired) electrons. The third-order valence-corrected chi connectivity index (χ3v) is 2.83. The Bertz CT molecular complexity index is 469. The number of nitro groups is 1. The van der Waals surface area contributed by atoms with Crippen LogP contribution in [0.5, 0.6) is 0 Å². The second kappa shape index (κ2) is 4.95. The Morgan fingerprint density at radius 3 is 2.56 bits per heavy atom. The van der Waals surface area contributed by atoms with Gasteiger partial charge in [-0.2, -0.15) is 0 Å². The summed E-state index contributed by atoms with van der Waals surface area (Å²) in [7, 11) is 0. The highest BCUT2D eigenvalue weighted by molar-refractivity contribution is 14.1. The van der Waals surface area contributed by atoms with Crippen LogP contribution in [0.3, 0.4) is 0 Å². The summed E-state index contributed by atoms with van der Waals surface area (Å²) in [5.41, 5.74) is -2.08. The van der Waals surface area contributed by atoms with Crippen molar-refractivity contribution in [2.45, 2.75) is 6.43 Å². The molecule has 16 heavy (non-hydrogen) atoms. The normalized spacial score (nSPS) is 10.6. The minimum atomic E-state index is -3.04. The van der Waals surface area contributed by atoms with E-state index in [2.05, 4.69) is 4.98 Å². The van der Waals surface area contributed by atoms with Gasteiger partial charge in [0.1, 0.15) is 14.8 Å². The maximum atomic E-state index is 12.4. The number of hydrogen-bond donors (Lipinski definition) is 0. The van der Waals surface area contributed by atoms with Crippen molar-refractivity contribution in [3.05, 3.63) is 31.1 Å². The minimum Gasteiger partial charge on any atom is -0.274 e. The van der Waals surface area contributed by atoms with Gasteiger partial charge in [-0.1, -0.05) is 0 Å². The molecule has 86 valence electrons. The van der Waals surface area contributed by atoms with Crippen molar-refractivity contribution < 1.29 is 18.5 Å². The zero-order valence-corrected chi connectivity index (χ0v) is 10.2. The molecule has 1 rings (SSSR count). The van der Waals surface area contributed by atoms with Crippen LogP contribution in [-0.4, -0.2) is 15.1 Å². The highest BCUT2D eigenvalue weighted by Gasteiger charge is 2.29. The maximum absolute atomic E-state index is 12.4. The minimum absolute atomic E-state index is 0.291. The van der Waals surface area contributed by atoms with Crippen LogP contribution in [0.1, 0.15) is 22.5 Å². The topological polar surface area (TPSA) is 73.1 Å². The van der Waals surface area contributed by atoms with Gasteiger partial charge < -0.3 is 0 Å². The van der Waals surface area contributed by atoms with Crippen molar-refractivity contribution in [3.8, 4) is 0 Å². The Hall–Kier alpha value is -0.900. The summed E-state index contributed by atoms with van der Waals surface area (Å²) in [6.45, 7) is 0. The standard InChI is InChI=1S/C7H2ClF2IN2O3/c8-6(14)4-3(11)5(13(15)16)2(1-12-4)7(9)10/h1,7H. The first-order valence-corrected chi connectivity index (χ1v) is 5.12. The number of carbonyl (C=O) groups is 1. The monoisotopic (exact) mass is 362 g/mol. The van der Waals surface area contributed by atoms with E-state index in [4.69, 9.17) is 11.6 Å². The average Bonchev–Trinajstić information content (AvgIpc) is 2.15. The number of aromatic nitrogens is 1. The first-order chi connectivity index (χ1) is 7.36. The fourth-order valence-electron chi connectivity index (χ4n) is 0.973. The van der Waals surface area contributed by atoms with E-state index >= 15 is 0 Å². The molecule has 0 aliphatic rings. The van der Waals surface area contributed by atoms with Gasteiger partial charge in [-0.15, -0.1) is 0 Å². The first-order valence-electron chi connectivity index (χ1n) is 3.67. The molecular weight excluding hydrogens is 360 g/mol. The summed E-state index contributed by atoms with van der Waals surface area (Å²) in [5.74, 6) is 0. The van der Waals surface area contributed by atoms with Crippen molar-refractivity contribution in [2.75, 3.05) is 0 Å². The second-order valence-corrected chi connectivity index (χ2v) is 3.98. The van der Waals surface area contributed by atoms with Crippen LogP contribution < -0.4 is 0 Å². The molecule has 0 saturated carbocycles. The smallest absolute Gasteiger partial charge is 0.274 e. The van der Waals surface area contributed by atoms with E-state index < -0.39 is 33.5 Å². The van der Waals surface area contributed by atoms with Crippen LogP contribution in [0.15, 0.2) is 6.20 Å². The highest BCUT2D eigenvalue weighted by atomic mass is 127. The highest BCUT2D eigenvalue weighted by Crippen LogP contribution is 2.33. The van der Waals surface area contributed by atoms with E-state index in [1.54, 1.807) is 0 Å². The molecular formula is C7H2ClF2IN2O3. The predicted octanol–water partition coefficient (Wildman–Crippen LogP) is 2.91. The summed E-state index contributed by atoms with van der Waals surface area (Å²) in [6.07, 6.45) is -2.46. The fraction of sp³-hybridized carbons (Fsp3) is 0.143. The Morgan fingerprint density at radius 1 is 1.62 bits per heavy atom. The van der Waals surface area contributed by atoms with Gasteiger partial charge in [-0.25, -0.2) is 13.8 Å². The van der Waals surface area contributed by atoms with E-state index in [1.807, 2.05) is 0 Å². The molecule has 1 aromatic rings. The molecule has 1 aromatic heterocycles. The lowest BCUT2D eigenvalue weighted by atomic mass is 10.2. The number of nitrogens with zero attached hydrogens (tertiary/aromatic N) is 2. The average molecular weight is 362 g/mol. The van der Waals surface area contributed by atoms with E-state index in [0.29, 0.717) is 6.20 Å². The van der Waals surface area contributed by atoms with Crippen LogP contribution in [-0.2, 0) is 0 Å². The zero-order chi connectivity index (χ0) is 12.5. The molecule has 0 spiro atoms. The summed E-state index contributed by atoms with van der Waals surface area (Å²) in [5, 5.41) is 9.57. The van der Waals surface area contributed by atoms with Crippen LogP contribution in [0, 0.1) is 13.7 Å². The molecule has 0 amide bonds. The van der Waals surface area contributed by atoms with E-state index in [9.17, 15) is 23.7 Å². The van der Waals surface area contributed by atoms with E-state index in [1.165, 1.54) is 22.6 Å². The second-order valence-electron chi connectivity index (χ2n) is 2.56. The summed E-state index contributed by atoms with van der Waals surface area (Å²) in [6, 6.07) is 0. The van der Waals surface area contributed by atoms with Crippen molar-refractivity contribution in [3.63, 3.8) is 0 Å². The lowest BCUT2D eigenvalue weighted by Crippen LogP contribution is -2.06. The number of carbonyl (C=O) groups excluding carboxylic acids is 1. The largest absolute Gasteiger partial charge is 0.295 e. The number of pyridine rings is 1. The van der Waals surface area contributed by atoms with Gasteiger partial charge in [0.2, 0.25) is 0 Å². The molecule has 0 unspecified atom stereocenters. The predicted molar refractivity (Wildman–Crippen MR) is 58.7 cm³/mol. The Balaban J connectivity index is 3.54. The van der Waals surface area contributed by atoms with Gasteiger partial charge in [0.25, 0.3) is 17.4 Å². The third-order valence-electron chi connectivity index (χ3n) is 1.63. The van der Waals surface area contributed by atoms with Crippen LogP contribution >= 0.6 is 34.2 Å². The van der Waals surface area contributed by atoms with Crippen LogP contribution in [0.25, 0.3) is 0 Å². The molecule has 0 atom stereocenters. The fourth-order valence-corrected chi connectivity index (χ4v) is 2.17. The van der Waals surface area contributed by atoms with E-state index in [0.717, 1.165) is 0 Å². The molecule has 0 bridgehead atoms. The molecule has 0 aliphatic carbocycles. The lowest BCUT2D eigenvalue weighted by Gasteiger charge is -2.04. The Labute approximate surface area is 106 Å².